The van der Waals surface area contributed by atoms with Crippen LogP contribution in [-0.4, -0.2) is 43.7 Å². The molecule has 172 valence electrons. The van der Waals surface area contributed by atoms with E-state index in [9.17, 15) is 18.3 Å². The zero-order valence-corrected chi connectivity index (χ0v) is 19.8. The molecule has 3 aromatic rings. The first-order valence-corrected chi connectivity index (χ1v) is 12.1. The SMILES string of the molecule is O=C(Nc1cnc2c(c1)N(S(=O)(=O)c1cccc(Cl)c1)C[C@@H](O)CO2)c1c(Cl)cccc1Cl. The topological polar surface area (TPSA) is 109 Å². The van der Waals surface area contributed by atoms with Crippen molar-refractivity contribution in [2.24, 2.45) is 0 Å². The third-order valence-electron chi connectivity index (χ3n) is 4.72. The molecule has 4 rings (SSSR count). The number of nitrogens with one attached hydrogen (secondary N) is 1. The van der Waals surface area contributed by atoms with Crippen LogP contribution in [0.4, 0.5) is 11.4 Å². The predicted molar refractivity (Wildman–Crippen MR) is 126 cm³/mol. The Hall–Kier alpha value is -2.56. The molecule has 1 amide bonds. The number of hydrogen-bond acceptors (Lipinski definition) is 6. The number of halogens is 3. The molecule has 1 aromatic heterocycles. The molecule has 0 radical (unpaired) electrons. The van der Waals surface area contributed by atoms with Gasteiger partial charge in [-0.05, 0) is 36.4 Å². The number of anilines is 2. The van der Waals surface area contributed by atoms with E-state index >= 15 is 0 Å². The van der Waals surface area contributed by atoms with Crippen LogP contribution in [-0.2, 0) is 10.0 Å². The first-order chi connectivity index (χ1) is 15.7. The molecule has 1 atom stereocenters. The number of β-amino-alcohol motifs (C(OH)–C–C–N with tert-alkyl or cyclic N) is 1. The van der Waals surface area contributed by atoms with Gasteiger partial charge in [0.25, 0.3) is 15.9 Å². The first kappa shape index (κ1) is 23.6. The van der Waals surface area contributed by atoms with Crippen molar-refractivity contribution in [1.82, 2.24) is 4.98 Å². The highest BCUT2D eigenvalue weighted by molar-refractivity contribution is 7.92. The number of carbonyl (C=O) groups is 1. The van der Waals surface area contributed by atoms with Crippen molar-refractivity contribution < 1.29 is 23.1 Å². The van der Waals surface area contributed by atoms with Gasteiger partial charge in [0.1, 0.15) is 18.4 Å². The van der Waals surface area contributed by atoms with E-state index in [2.05, 4.69) is 10.3 Å². The van der Waals surface area contributed by atoms with Crippen LogP contribution in [0.1, 0.15) is 10.4 Å². The maximum Gasteiger partial charge on any atom is 0.264 e. The van der Waals surface area contributed by atoms with E-state index in [1.807, 2.05) is 0 Å². The number of sulfonamides is 1. The van der Waals surface area contributed by atoms with Crippen LogP contribution < -0.4 is 14.4 Å². The van der Waals surface area contributed by atoms with Crippen molar-refractivity contribution >= 4 is 62.1 Å². The van der Waals surface area contributed by atoms with Gasteiger partial charge >= 0.3 is 0 Å². The van der Waals surface area contributed by atoms with Crippen LogP contribution in [0.3, 0.4) is 0 Å². The molecule has 0 spiro atoms. The summed E-state index contributed by atoms with van der Waals surface area (Å²) in [5, 5.41) is 13.4. The number of carbonyl (C=O) groups excluding carboxylic acids is 1. The van der Waals surface area contributed by atoms with Crippen LogP contribution in [0.25, 0.3) is 0 Å². The number of aliphatic hydroxyl groups is 1. The van der Waals surface area contributed by atoms with Crippen molar-refractivity contribution in [2.45, 2.75) is 11.0 Å². The zero-order valence-electron chi connectivity index (χ0n) is 16.7. The number of benzene rings is 2. The van der Waals surface area contributed by atoms with Crippen molar-refractivity contribution in [2.75, 3.05) is 22.8 Å². The maximum absolute atomic E-state index is 13.4. The number of aromatic nitrogens is 1. The molecule has 12 heteroatoms. The number of pyridine rings is 1. The Morgan fingerprint density at radius 1 is 1.12 bits per heavy atom. The lowest BCUT2D eigenvalue weighted by Crippen LogP contribution is -2.37. The molecule has 0 saturated heterocycles. The Kier molecular flexibility index (Phi) is 6.69. The highest BCUT2D eigenvalue weighted by Crippen LogP contribution is 2.36. The van der Waals surface area contributed by atoms with Gasteiger partial charge in [-0.2, -0.15) is 0 Å². The number of ether oxygens (including phenoxy) is 1. The van der Waals surface area contributed by atoms with E-state index in [1.54, 1.807) is 12.1 Å². The van der Waals surface area contributed by atoms with Gasteiger partial charge in [-0.15, -0.1) is 0 Å². The molecule has 8 nitrogen and oxygen atoms in total. The summed E-state index contributed by atoms with van der Waals surface area (Å²) in [5.74, 6) is -0.628. The molecule has 33 heavy (non-hydrogen) atoms. The highest BCUT2D eigenvalue weighted by Gasteiger charge is 2.33. The molecule has 1 aliphatic heterocycles. The second-order valence-corrected chi connectivity index (χ2v) is 10.2. The molecule has 1 aliphatic rings. The lowest BCUT2D eigenvalue weighted by atomic mass is 10.2. The first-order valence-electron chi connectivity index (χ1n) is 9.51. The number of hydrogen-bond donors (Lipinski definition) is 2. The Morgan fingerprint density at radius 3 is 2.52 bits per heavy atom. The van der Waals surface area contributed by atoms with Crippen LogP contribution in [0.2, 0.25) is 15.1 Å². The van der Waals surface area contributed by atoms with E-state index in [0.717, 1.165) is 4.31 Å². The highest BCUT2D eigenvalue weighted by atomic mass is 35.5. The summed E-state index contributed by atoms with van der Waals surface area (Å²) in [6.45, 7) is -0.459. The molecule has 0 unspecified atom stereocenters. The van der Waals surface area contributed by atoms with Crippen molar-refractivity contribution in [3.05, 3.63) is 75.4 Å². The molecule has 2 N–H and O–H groups in total. The number of nitrogens with zero attached hydrogens (tertiary/aromatic N) is 2. The van der Waals surface area contributed by atoms with Crippen LogP contribution in [0.5, 0.6) is 5.88 Å². The maximum atomic E-state index is 13.4. The predicted octanol–water partition coefficient (Wildman–Crippen LogP) is 4.24. The minimum absolute atomic E-state index is 0.0223. The van der Waals surface area contributed by atoms with Gasteiger partial charge in [0, 0.05) is 5.02 Å². The molecular weight excluding hydrogens is 513 g/mol. The summed E-state index contributed by atoms with van der Waals surface area (Å²) >= 11 is 18.2. The van der Waals surface area contributed by atoms with Crippen LogP contribution in [0, 0.1) is 0 Å². The molecule has 0 aliphatic carbocycles. The largest absolute Gasteiger partial charge is 0.473 e. The standard InChI is InChI=1S/C21H16Cl3N3O5S/c22-12-3-1-4-15(7-12)33(30,31)27-10-14(28)11-32-21-18(27)8-13(9-25-21)26-20(29)19-16(23)5-2-6-17(19)24/h1-9,14,28H,10-11H2,(H,26,29)/t14-/m1/s1. The second-order valence-electron chi connectivity index (χ2n) is 7.06. The third-order valence-corrected chi connectivity index (χ3v) is 7.36. The van der Waals surface area contributed by atoms with E-state index in [-0.39, 0.29) is 55.9 Å². The molecule has 0 fully saturated rings. The van der Waals surface area contributed by atoms with E-state index in [0.29, 0.717) is 0 Å². The molecule has 0 bridgehead atoms. The number of rotatable bonds is 4. The van der Waals surface area contributed by atoms with Crippen molar-refractivity contribution in [3.8, 4) is 5.88 Å². The molecule has 2 heterocycles. The summed E-state index contributed by atoms with van der Waals surface area (Å²) in [5.41, 5.74) is 0.265. The normalized spacial score (nSPS) is 15.9. The van der Waals surface area contributed by atoms with E-state index in [4.69, 9.17) is 39.5 Å². The Balaban J connectivity index is 1.74. The average Bonchev–Trinajstić information content (AvgIpc) is 2.93. The zero-order chi connectivity index (χ0) is 23.8. The summed E-state index contributed by atoms with van der Waals surface area (Å²) in [6.07, 6.45) is 0.178. The van der Waals surface area contributed by atoms with Gasteiger partial charge in [0.15, 0.2) is 0 Å². The second kappa shape index (κ2) is 9.36. The monoisotopic (exact) mass is 527 g/mol. The quantitative estimate of drug-likeness (QED) is 0.524. The Labute approximate surface area is 204 Å². The summed E-state index contributed by atoms with van der Waals surface area (Å²) in [6, 6.07) is 11.8. The molecular formula is C21H16Cl3N3O5S. The summed E-state index contributed by atoms with van der Waals surface area (Å²) < 4.78 is 33.2. The van der Waals surface area contributed by atoms with Gasteiger partial charge in [0.05, 0.1) is 38.9 Å². The number of fused-ring (bicyclic) bond motifs is 1. The van der Waals surface area contributed by atoms with Gasteiger partial charge in [-0.25, -0.2) is 13.4 Å². The third kappa shape index (κ3) is 4.87. The molecule has 2 aromatic carbocycles. The minimum atomic E-state index is -4.15. The minimum Gasteiger partial charge on any atom is -0.473 e. The fourth-order valence-corrected chi connectivity index (χ4v) is 5.57. The van der Waals surface area contributed by atoms with Gasteiger partial charge in [-0.3, -0.25) is 9.10 Å². The van der Waals surface area contributed by atoms with E-state index in [1.165, 1.54) is 42.6 Å². The fraction of sp³-hybridized carbons (Fsp3) is 0.143. The number of amides is 1. The average molecular weight is 529 g/mol. The lowest BCUT2D eigenvalue weighted by molar-refractivity contribution is 0.102. The smallest absolute Gasteiger partial charge is 0.264 e. The van der Waals surface area contributed by atoms with Crippen molar-refractivity contribution in [3.63, 3.8) is 0 Å². The fourth-order valence-electron chi connectivity index (χ4n) is 3.21. The molecule has 0 saturated carbocycles. The van der Waals surface area contributed by atoms with Gasteiger partial charge in [-0.1, -0.05) is 46.9 Å². The van der Waals surface area contributed by atoms with Gasteiger partial charge in [0.2, 0.25) is 5.88 Å². The van der Waals surface area contributed by atoms with Crippen LogP contribution >= 0.6 is 34.8 Å². The Morgan fingerprint density at radius 2 is 1.82 bits per heavy atom. The summed E-state index contributed by atoms with van der Waals surface area (Å²) in [4.78, 5) is 16.8. The lowest BCUT2D eigenvalue weighted by Gasteiger charge is -2.24. The van der Waals surface area contributed by atoms with E-state index < -0.39 is 22.0 Å². The van der Waals surface area contributed by atoms with Crippen molar-refractivity contribution in [1.29, 1.82) is 0 Å². The van der Waals surface area contributed by atoms with Gasteiger partial charge < -0.3 is 15.2 Å². The Bertz CT molecular complexity index is 1320. The summed E-state index contributed by atoms with van der Waals surface area (Å²) in [7, 11) is -4.15. The van der Waals surface area contributed by atoms with Crippen LogP contribution in [0.15, 0.2) is 59.6 Å². The number of aliphatic hydroxyl groups excluding tert-OH is 1.